The molecule has 3 N–H and O–H groups in total. The van der Waals surface area contributed by atoms with Crippen LogP contribution in [-0.4, -0.2) is 48.9 Å². The number of amides is 1. The molecule has 1 heterocycles. The summed E-state index contributed by atoms with van der Waals surface area (Å²) in [6, 6.07) is 21.1. The summed E-state index contributed by atoms with van der Waals surface area (Å²) >= 11 is 0. The van der Waals surface area contributed by atoms with E-state index in [-0.39, 0.29) is 17.9 Å². The molecule has 0 atom stereocenters. The van der Waals surface area contributed by atoms with Crippen LogP contribution in [0.1, 0.15) is 50.4 Å². The lowest BCUT2D eigenvalue weighted by Gasteiger charge is -2.28. The van der Waals surface area contributed by atoms with Crippen molar-refractivity contribution in [2.75, 3.05) is 26.7 Å². The number of aromatic hydroxyl groups is 1. The summed E-state index contributed by atoms with van der Waals surface area (Å²) < 4.78 is 6.10. The van der Waals surface area contributed by atoms with Crippen molar-refractivity contribution in [1.82, 2.24) is 4.90 Å². The first-order chi connectivity index (χ1) is 17.8. The van der Waals surface area contributed by atoms with Crippen LogP contribution in [0.3, 0.4) is 0 Å². The van der Waals surface area contributed by atoms with Gasteiger partial charge in [-0.3, -0.25) is 9.59 Å². The van der Waals surface area contributed by atoms with Crippen LogP contribution < -0.4 is 10.5 Å². The van der Waals surface area contributed by atoms with Gasteiger partial charge in [-0.1, -0.05) is 62.7 Å². The molecule has 0 radical (unpaired) electrons. The lowest BCUT2D eigenvalue weighted by atomic mass is 9.92. The second-order valence-corrected chi connectivity index (χ2v) is 9.26. The zero-order valence-electron chi connectivity index (χ0n) is 22.4. The maximum Gasteiger partial charge on any atom is 0.204 e. The Morgan fingerprint density at radius 1 is 1.00 bits per heavy atom. The molecule has 0 spiro atoms. The van der Waals surface area contributed by atoms with Crippen molar-refractivity contribution >= 4 is 12.2 Å². The Morgan fingerprint density at radius 2 is 1.62 bits per heavy atom. The van der Waals surface area contributed by atoms with Gasteiger partial charge in [0.15, 0.2) is 5.78 Å². The van der Waals surface area contributed by atoms with Crippen molar-refractivity contribution in [3.8, 4) is 33.8 Å². The van der Waals surface area contributed by atoms with Crippen LogP contribution in [0.2, 0.25) is 0 Å². The number of piperidine rings is 1. The Labute approximate surface area is 221 Å². The molecule has 198 valence electrons. The van der Waals surface area contributed by atoms with Crippen LogP contribution in [0.4, 0.5) is 0 Å². The number of ketones is 1. The molecule has 37 heavy (non-hydrogen) atoms. The average Bonchev–Trinajstić information content (AvgIpc) is 2.90. The van der Waals surface area contributed by atoms with Gasteiger partial charge in [0, 0.05) is 11.1 Å². The van der Waals surface area contributed by atoms with E-state index in [0.717, 1.165) is 42.6 Å². The maximum absolute atomic E-state index is 12.3. The Bertz CT molecular complexity index is 1120. The molecule has 0 saturated carbocycles. The summed E-state index contributed by atoms with van der Waals surface area (Å²) in [7, 11) is 2.15. The molecule has 1 amide bonds. The fourth-order valence-corrected chi connectivity index (χ4v) is 4.15. The minimum absolute atomic E-state index is 0.0355. The van der Waals surface area contributed by atoms with Crippen LogP contribution in [-0.2, 0) is 4.79 Å². The third kappa shape index (κ3) is 9.07. The van der Waals surface area contributed by atoms with Gasteiger partial charge in [-0.05, 0) is 86.8 Å². The van der Waals surface area contributed by atoms with E-state index < -0.39 is 0 Å². The number of phenols is 1. The van der Waals surface area contributed by atoms with Crippen molar-refractivity contribution in [1.29, 1.82) is 0 Å². The highest BCUT2D eigenvalue weighted by Gasteiger charge is 2.18. The number of nitrogens with zero attached hydrogens (tertiary/aromatic N) is 1. The van der Waals surface area contributed by atoms with Crippen LogP contribution in [0, 0.1) is 5.92 Å². The van der Waals surface area contributed by atoms with Gasteiger partial charge in [-0.25, -0.2) is 0 Å². The number of carbonyl (C=O) groups is 2. The predicted octanol–water partition coefficient (Wildman–Crippen LogP) is 6.17. The first-order valence-electron chi connectivity index (χ1n) is 12.8. The van der Waals surface area contributed by atoms with Crippen molar-refractivity contribution in [3.05, 3.63) is 72.3 Å². The highest BCUT2D eigenvalue weighted by atomic mass is 16.5. The van der Waals surface area contributed by atoms with Gasteiger partial charge in [0.1, 0.15) is 11.5 Å². The largest absolute Gasteiger partial charge is 0.507 e. The van der Waals surface area contributed by atoms with E-state index in [2.05, 4.69) is 31.5 Å². The number of rotatable bonds is 6. The van der Waals surface area contributed by atoms with E-state index in [0.29, 0.717) is 29.4 Å². The fourth-order valence-electron chi connectivity index (χ4n) is 4.15. The number of primary amides is 1. The molecular formula is C31H40N2O4. The predicted molar refractivity (Wildman–Crippen MR) is 151 cm³/mol. The number of likely N-dealkylation sites (tertiary alicyclic amines) is 1. The number of benzene rings is 3. The standard InChI is InChI=1S/C27H29NO3.C3H8.CH3NO/c1-19(29)24-10-8-22(21-6-4-3-5-7-21)16-25(24)26-17-23(9-11-27(26)30)31-18-20-12-14-28(2)15-13-20;1-3-2;2-1-3/h3-11,16-17,20,30H,12-15,18H2,1-2H3;3H2,1-2H3;1H,(H2,2,3). The summed E-state index contributed by atoms with van der Waals surface area (Å²) in [6.45, 7) is 8.67. The van der Waals surface area contributed by atoms with Crippen molar-refractivity contribution < 1.29 is 19.4 Å². The summed E-state index contributed by atoms with van der Waals surface area (Å²) in [4.78, 5) is 23.3. The normalized spacial score (nSPS) is 13.4. The molecule has 6 nitrogen and oxygen atoms in total. The third-order valence-corrected chi connectivity index (χ3v) is 6.09. The van der Waals surface area contributed by atoms with Crippen molar-refractivity contribution in [2.24, 2.45) is 11.7 Å². The zero-order chi connectivity index (χ0) is 27.2. The summed E-state index contributed by atoms with van der Waals surface area (Å²) in [5.41, 5.74) is 8.15. The fraction of sp³-hybridized carbons (Fsp3) is 0.355. The van der Waals surface area contributed by atoms with Crippen LogP contribution in [0.25, 0.3) is 22.3 Å². The van der Waals surface area contributed by atoms with Crippen molar-refractivity contribution in [2.45, 2.75) is 40.0 Å². The van der Waals surface area contributed by atoms with Crippen LogP contribution in [0.5, 0.6) is 11.5 Å². The molecule has 4 rings (SSSR count). The van der Waals surface area contributed by atoms with E-state index >= 15 is 0 Å². The molecule has 1 aliphatic rings. The minimum atomic E-state index is -0.0355. The van der Waals surface area contributed by atoms with E-state index in [1.165, 1.54) is 6.42 Å². The number of hydrogen-bond acceptors (Lipinski definition) is 5. The first kappa shape index (κ1) is 29.6. The minimum Gasteiger partial charge on any atom is -0.507 e. The van der Waals surface area contributed by atoms with Gasteiger partial charge >= 0.3 is 0 Å². The number of ether oxygens (including phenoxy) is 1. The van der Waals surface area contributed by atoms with E-state index in [9.17, 15) is 9.90 Å². The van der Waals surface area contributed by atoms with Gasteiger partial charge in [0.2, 0.25) is 6.41 Å². The van der Waals surface area contributed by atoms with Gasteiger partial charge < -0.3 is 20.5 Å². The van der Waals surface area contributed by atoms with E-state index in [4.69, 9.17) is 9.53 Å². The molecule has 3 aromatic carbocycles. The second kappa shape index (κ2) is 15.5. The number of carbonyl (C=O) groups excluding carboxylic acids is 2. The first-order valence-corrected chi connectivity index (χ1v) is 12.8. The monoisotopic (exact) mass is 504 g/mol. The number of phenolic OH excluding ortho intramolecular Hbond substituents is 1. The van der Waals surface area contributed by atoms with E-state index in [1.54, 1.807) is 19.1 Å². The average molecular weight is 505 g/mol. The molecule has 3 aromatic rings. The molecule has 0 aromatic heterocycles. The maximum atomic E-state index is 12.3. The van der Waals surface area contributed by atoms with Crippen molar-refractivity contribution in [3.63, 3.8) is 0 Å². The third-order valence-electron chi connectivity index (χ3n) is 6.09. The molecule has 1 saturated heterocycles. The summed E-state index contributed by atoms with van der Waals surface area (Å²) in [6.07, 6.45) is 3.77. The Kier molecular flexibility index (Phi) is 12.4. The van der Waals surface area contributed by atoms with Crippen LogP contribution in [0.15, 0.2) is 66.7 Å². The number of nitrogens with two attached hydrogens (primary N) is 1. The van der Waals surface area contributed by atoms with Gasteiger partial charge in [-0.2, -0.15) is 0 Å². The second-order valence-electron chi connectivity index (χ2n) is 9.26. The van der Waals surface area contributed by atoms with Gasteiger partial charge in [-0.15, -0.1) is 0 Å². The van der Waals surface area contributed by atoms with Gasteiger partial charge in [0.05, 0.1) is 6.61 Å². The molecule has 0 unspecified atom stereocenters. The Hall–Kier alpha value is -3.64. The molecule has 1 fully saturated rings. The Morgan fingerprint density at radius 3 is 2.22 bits per heavy atom. The smallest absolute Gasteiger partial charge is 0.204 e. The summed E-state index contributed by atoms with van der Waals surface area (Å²) in [5.74, 6) is 1.36. The lowest BCUT2D eigenvalue weighted by Crippen LogP contribution is -2.32. The topological polar surface area (TPSA) is 92.9 Å². The zero-order valence-corrected chi connectivity index (χ0v) is 22.4. The van der Waals surface area contributed by atoms with E-state index in [1.807, 2.05) is 54.6 Å². The molecule has 0 aliphatic carbocycles. The lowest BCUT2D eigenvalue weighted by molar-refractivity contribution is -0.106. The number of Topliss-reactive ketones (excluding diaryl/α,β-unsaturated/α-hetero) is 1. The molecule has 6 heteroatoms. The highest BCUT2D eigenvalue weighted by Crippen LogP contribution is 2.37. The molecular weight excluding hydrogens is 464 g/mol. The molecule has 0 bridgehead atoms. The SMILES string of the molecule is CC(=O)c1ccc(-c2ccccc2)cc1-c1cc(OCC2CCN(C)CC2)ccc1O.CCC.NC=O. The van der Waals surface area contributed by atoms with Crippen LogP contribution >= 0.6 is 0 Å². The summed E-state index contributed by atoms with van der Waals surface area (Å²) in [5, 5.41) is 10.6. The Balaban J connectivity index is 0.000000733. The number of hydrogen-bond donors (Lipinski definition) is 2. The molecule has 1 aliphatic heterocycles. The van der Waals surface area contributed by atoms with Gasteiger partial charge in [0.25, 0.3) is 0 Å². The quantitative estimate of drug-likeness (QED) is 0.309. The highest BCUT2D eigenvalue weighted by molar-refractivity contribution is 6.02.